The average molecular weight is 358 g/mol. The van der Waals surface area contributed by atoms with E-state index in [1.807, 2.05) is 6.92 Å². The van der Waals surface area contributed by atoms with Crippen molar-refractivity contribution in [2.75, 3.05) is 5.32 Å². The first-order chi connectivity index (χ1) is 12.0. The molecule has 7 heteroatoms. The first-order valence-electron chi connectivity index (χ1n) is 7.36. The van der Waals surface area contributed by atoms with Crippen molar-refractivity contribution < 1.29 is 13.9 Å². The molecule has 2 aromatic carbocycles. The van der Waals surface area contributed by atoms with Crippen LogP contribution in [0, 0.1) is 12.7 Å². The second kappa shape index (κ2) is 7.27. The quantitative estimate of drug-likeness (QED) is 0.739. The molecule has 0 bridgehead atoms. The Bertz CT molecular complexity index is 899. The van der Waals surface area contributed by atoms with Gasteiger partial charge < -0.3 is 10.1 Å². The largest absolute Gasteiger partial charge is 0.438 e. The minimum absolute atomic E-state index is 0.0513. The Morgan fingerprint density at radius 2 is 1.84 bits per heavy atom. The average Bonchev–Trinajstić information content (AvgIpc) is 2.58. The summed E-state index contributed by atoms with van der Waals surface area (Å²) in [6.07, 6.45) is 0. The van der Waals surface area contributed by atoms with E-state index in [0.29, 0.717) is 17.3 Å². The molecule has 1 amide bonds. The molecule has 3 rings (SSSR count). The third-order valence-corrected chi connectivity index (χ3v) is 3.60. The fourth-order valence-corrected chi connectivity index (χ4v) is 2.29. The van der Waals surface area contributed by atoms with Gasteiger partial charge in [0, 0.05) is 11.8 Å². The van der Waals surface area contributed by atoms with Gasteiger partial charge in [-0.05, 0) is 55.5 Å². The van der Waals surface area contributed by atoms with Crippen molar-refractivity contribution >= 4 is 23.2 Å². The SMILES string of the molecule is Cc1ccc(Oc2ccc(NC(=O)c3ccc(F)cc3Cl)cc2)nn1. The summed E-state index contributed by atoms with van der Waals surface area (Å²) in [5.74, 6) is 0.00164. The van der Waals surface area contributed by atoms with Gasteiger partial charge in [0.15, 0.2) is 0 Å². The van der Waals surface area contributed by atoms with E-state index in [1.54, 1.807) is 36.4 Å². The van der Waals surface area contributed by atoms with Crippen LogP contribution in [0.3, 0.4) is 0 Å². The van der Waals surface area contributed by atoms with E-state index in [0.717, 1.165) is 11.8 Å². The van der Waals surface area contributed by atoms with Gasteiger partial charge in [0.1, 0.15) is 11.6 Å². The van der Waals surface area contributed by atoms with E-state index in [4.69, 9.17) is 16.3 Å². The highest BCUT2D eigenvalue weighted by molar-refractivity contribution is 6.34. The van der Waals surface area contributed by atoms with Crippen molar-refractivity contribution in [2.45, 2.75) is 6.92 Å². The van der Waals surface area contributed by atoms with Crippen molar-refractivity contribution in [3.05, 3.63) is 76.7 Å². The normalized spacial score (nSPS) is 10.4. The van der Waals surface area contributed by atoms with Crippen LogP contribution in [-0.2, 0) is 0 Å². The fourth-order valence-electron chi connectivity index (χ4n) is 2.04. The van der Waals surface area contributed by atoms with Gasteiger partial charge in [-0.3, -0.25) is 4.79 Å². The van der Waals surface area contributed by atoms with E-state index >= 15 is 0 Å². The highest BCUT2D eigenvalue weighted by Gasteiger charge is 2.11. The maximum absolute atomic E-state index is 13.0. The van der Waals surface area contributed by atoms with Crippen LogP contribution < -0.4 is 10.1 Å². The highest BCUT2D eigenvalue weighted by atomic mass is 35.5. The van der Waals surface area contributed by atoms with Crippen LogP contribution in [-0.4, -0.2) is 16.1 Å². The lowest BCUT2D eigenvalue weighted by Crippen LogP contribution is -2.12. The van der Waals surface area contributed by atoms with E-state index < -0.39 is 11.7 Å². The molecule has 0 saturated carbocycles. The Morgan fingerprint density at radius 1 is 1.08 bits per heavy atom. The molecule has 0 radical (unpaired) electrons. The first-order valence-corrected chi connectivity index (χ1v) is 7.74. The van der Waals surface area contributed by atoms with E-state index in [-0.39, 0.29) is 10.6 Å². The van der Waals surface area contributed by atoms with Crippen molar-refractivity contribution in [2.24, 2.45) is 0 Å². The number of nitrogens with one attached hydrogen (secondary N) is 1. The fraction of sp³-hybridized carbons (Fsp3) is 0.0556. The topological polar surface area (TPSA) is 64.1 Å². The number of aryl methyl sites for hydroxylation is 1. The molecule has 3 aromatic rings. The molecule has 0 fully saturated rings. The number of amides is 1. The van der Waals surface area contributed by atoms with Gasteiger partial charge in [0.2, 0.25) is 5.88 Å². The van der Waals surface area contributed by atoms with Gasteiger partial charge in [-0.15, -0.1) is 5.10 Å². The maximum Gasteiger partial charge on any atom is 0.257 e. The summed E-state index contributed by atoms with van der Waals surface area (Å²) in [5, 5.41) is 10.6. The molecule has 0 aliphatic rings. The summed E-state index contributed by atoms with van der Waals surface area (Å²) in [7, 11) is 0. The number of benzene rings is 2. The number of hydrogen-bond acceptors (Lipinski definition) is 4. The second-order valence-electron chi connectivity index (χ2n) is 5.22. The van der Waals surface area contributed by atoms with Gasteiger partial charge in [-0.2, -0.15) is 5.10 Å². The molecule has 25 heavy (non-hydrogen) atoms. The Labute approximate surface area is 148 Å². The smallest absolute Gasteiger partial charge is 0.257 e. The lowest BCUT2D eigenvalue weighted by molar-refractivity contribution is 0.102. The van der Waals surface area contributed by atoms with Gasteiger partial charge >= 0.3 is 0 Å². The van der Waals surface area contributed by atoms with Gasteiger partial charge in [-0.25, -0.2) is 4.39 Å². The second-order valence-corrected chi connectivity index (χ2v) is 5.62. The molecule has 0 aliphatic carbocycles. The lowest BCUT2D eigenvalue weighted by Gasteiger charge is -2.08. The summed E-state index contributed by atoms with van der Waals surface area (Å²) in [6, 6.07) is 13.8. The van der Waals surface area contributed by atoms with Crippen LogP contribution in [0.4, 0.5) is 10.1 Å². The van der Waals surface area contributed by atoms with Crippen LogP contribution in [0.2, 0.25) is 5.02 Å². The summed E-state index contributed by atoms with van der Waals surface area (Å²) >= 11 is 5.88. The zero-order valence-corrected chi connectivity index (χ0v) is 13.9. The number of anilines is 1. The maximum atomic E-state index is 13.0. The molecule has 5 nitrogen and oxygen atoms in total. The Kier molecular flexibility index (Phi) is 4.90. The molecule has 0 atom stereocenters. The zero-order valence-electron chi connectivity index (χ0n) is 13.2. The summed E-state index contributed by atoms with van der Waals surface area (Å²) < 4.78 is 18.6. The predicted octanol–water partition coefficient (Wildman–Crippen LogP) is 4.62. The van der Waals surface area contributed by atoms with E-state index in [9.17, 15) is 9.18 Å². The predicted molar refractivity (Wildman–Crippen MR) is 92.6 cm³/mol. The number of aromatic nitrogens is 2. The van der Waals surface area contributed by atoms with Gasteiger partial charge in [0.25, 0.3) is 5.91 Å². The molecule has 0 spiro atoms. The number of ether oxygens (including phenoxy) is 1. The van der Waals surface area contributed by atoms with Crippen LogP contribution in [0.25, 0.3) is 0 Å². The van der Waals surface area contributed by atoms with Crippen molar-refractivity contribution in [3.63, 3.8) is 0 Å². The summed E-state index contributed by atoms with van der Waals surface area (Å²) in [5.41, 5.74) is 1.54. The van der Waals surface area contributed by atoms with Gasteiger partial charge in [0.05, 0.1) is 16.3 Å². The number of nitrogens with zero attached hydrogens (tertiary/aromatic N) is 2. The zero-order chi connectivity index (χ0) is 17.8. The van der Waals surface area contributed by atoms with E-state index in [2.05, 4.69) is 15.5 Å². The first kappa shape index (κ1) is 16.9. The number of carbonyl (C=O) groups is 1. The monoisotopic (exact) mass is 357 g/mol. The summed E-state index contributed by atoms with van der Waals surface area (Å²) in [4.78, 5) is 12.2. The molecule has 0 saturated heterocycles. The third-order valence-electron chi connectivity index (χ3n) is 3.28. The van der Waals surface area contributed by atoms with Crippen LogP contribution in [0.15, 0.2) is 54.6 Å². The molecular weight excluding hydrogens is 345 g/mol. The molecule has 126 valence electrons. The molecule has 1 aromatic heterocycles. The van der Waals surface area contributed by atoms with Crippen LogP contribution in [0.5, 0.6) is 11.6 Å². The van der Waals surface area contributed by atoms with Crippen molar-refractivity contribution in [1.82, 2.24) is 10.2 Å². The highest BCUT2D eigenvalue weighted by Crippen LogP contribution is 2.23. The third kappa shape index (κ3) is 4.30. The molecule has 1 N–H and O–H groups in total. The van der Waals surface area contributed by atoms with Crippen LogP contribution >= 0.6 is 11.6 Å². The lowest BCUT2D eigenvalue weighted by atomic mass is 10.2. The minimum atomic E-state index is -0.498. The minimum Gasteiger partial charge on any atom is -0.438 e. The standard InChI is InChI=1S/C18H13ClFN3O2/c1-11-2-9-17(23-22-11)25-14-6-4-13(5-7-14)21-18(24)15-8-3-12(20)10-16(15)19/h2-10H,1H3,(H,21,24). The van der Waals surface area contributed by atoms with Gasteiger partial charge in [-0.1, -0.05) is 11.6 Å². The number of hydrogen-bond donors (Lipinski definition) is 1. The van der Waals surface area contributed by atoms with Crippen molar-refractivity contribution in [1.29, 1.82) is 0 Å². The molecular formula is C18H13ClFN3O2. The number of halogens is 2. The van der Waals surface area contributed by atoms with Crippen LogP contribution in [0.1, 0.15) is 16.1 Å². The molecule has 0 aliphatic heterocycles. The Morgan fingerprint density at radius 3 is 2.48 bits per heavy atom. The number of rotatable bonds is 4. The Balaban J connectivity index is 1.67. The molecule has 1 heterocycles. The summed E-state index contributed by atoms with van der Waals surface area (Å²) in [6.45, 7) is 1.83. The molecule has 0 unspecified atom stereocenters. The van der Waals surface area contributed by atoms with Crippen molar-refractivity contribution in [3.8, 4) is 11.6 Å². The van der Waals surface area contributed by atoms with E-state index in [1.165, 1.54) is 12.1 Å². The number of carbonyl (C=O) groups excluding carboxylic acids is 1. The Hall–Kier alpha value is -2.99.